The quantitative estimate of drug-likeness (QED) is 0.758. The van der Waals surface area contributed by atoms with E-state index < -0.39 is 0 Å². The largest absolute Gasteiger partial charge is 0.330 e. The van der Waals surface area contributed by atoms with Gasteiger partial charge in [0.2, 0.25) is 0 Å². The number of hydrogen-bond acceptors (Lipinski definition) is 2. The summed E-state index contributed by atoms with van der Waals surface area (Å²) in [6.07, 6.45) is 1.90. The standard InChI is InChI=1S/C11H16Cl2N2/c12-10-2-3-11(13)9(8-10)4-7-15-6-1-5-14/h2-3,8,15H,1,4-7,14H2. The summed E-state index contributed by atoms with van der Waals surface area (Å²) in [7, 11) is 0. The number of benzene rings is 1. The molecule has 0 radical (unpaired) electrons. The highest BCUT2D eigenvalue weighted by Gasteiger charge is 2.00. The number of halogens is 2. The molecule has 0 unspecified atom stereocenters. The molecule has 0 aliphatic rings. The first-order valence-corrected chi connectivity index (χ1v) is 5.84. The zero-order valence-corrected chi connectivity index (χ0v) is 10.1. The van der Waals surface area contributed by atoms with E-state index >= 15 is 0 Å². The highest BCUT2D eigenvalue weighted by molar-refractivity contribution is 6.33. The minimum absolute atomic E-state index is 0.727. The summed E-state index contributed by atoms with van der Waals surface area (Å²) >= 11 is 11.9. The highest BCUT2D eigenvalue weighted by atomic mass is 35.5. The molecular weight excluding hydrogens is 231 g/mol. The summed E-state index contributed by atoms with van der Waals surface area (Å²) in [4.78, 5) is 0. The van der Waals surface area contributed by atoms with Gasteiger partial charge in [0.1, 0.15) is 0 Å². The van der Waals surface area contributed by atoms with Crippen molar-refractivity contribution in [3.63, 3.8) is 0 Å². The van der Waals surface area contributed by atoms with E-state index in [-0.39, 0.29) is 0 Å². The van der Waals surface area contributed by atoms with Gasteiger partial charge >= 0.3 is 0 Å². The fourth-order valence-corrected chi connectivity index (χ4v) is 1.72. The number of nitrogens with one attached hydrogen (secondary N) is 1. The first-order valence-electron chi connectivity index (χ1n) is 5.08. The third kappa shape index (κ3) is 4.85. The van der Waals surface area contributed by atoms with Crippen LogP contribution in [0.1, 0.15) is 12.0 Å². The van der Waals surface area contributed by atoms with Crippen LogP contribution in [-0.2, 0) is 6.42 Å². The van der Waals surface area contributed by atoms with E-state index in [0.717, 1.165) is 48.1 Å². The van der Waals surface area contributed by atoms with Crippen LogP contribution in [-0.4, -0.2) is 19.6 Å². The molecule has 2 nitrogen and oxygen atoms in total. The minimum Gasteiger partial charge on any atom is -0.330 e. The van der Waals surface area contributed by atoms with Gasteiger partial charge in [0.25, 0.3) is 0 Å². The summed E-state index contributed by atoms with van der Waals surface area (Å²) in [6, 6.07) is 5.54. The molecule has 0 amide bonds. The first kappa shape index (κ1) is 12.8. The Morgan fingerprint density at radius 1 is 1.20 bits per heavy atom. The normalized spacial score (nSPS) is 10.6. The zero-order chi connectivity index (χ0) is 11.1. The van der Waals surface area contributed by atoms with Crippen LogP contribution in [0, 0.1) is 0 Å². The van der Waals surface area contributed by atoms with Crippen molar-refractivity contribution in [3.05, 3.63) is 33.8 Å². The van der Waals surface area contributed by atoms with Crippen molar-refractivity contribution in [1.82, 2.24) is 5.32 Å². The highest BCUT2D eigenvalue weighted by Crippen LogP contribution is 2.20. The van der Waals surface area contributed by atoms with Crippen molar-refractivity contribution in [3.8, 4) is 0 Å². The molecule has 0 saturated carbocycles. The second-order valence-electron chi connectivity index (χ2n) is 3.38. The lowest BCUT2D eigenvalue weighted by molar-refractivity contribution is 0.653. The number of hydrogen-bond donors (Lipinski definition) is 2. The maximum Gasteiger partial charge on any atom is 0.0439 e. The smallest absolute Gasteiger partial charge is 0.0439 e. The molecule has 0 aliphatic heterocycles. The minimum atomic E-state index is 0.727. The van der Waals surface area contributed by atoms with Crippen LogP contribution in [0.2, 0.25) is 10.0 Å². The van der Waals surface area contributed by atoms with Gasteiger partial charge < -0.3 is 11.1 Å². The topological polar surface area (TPSA) is 38.0 Å². The third-order valence-corrected chi connectivity index (χ3v) is 2.74. The van der Waals surface area contributed by atoms with Crippen molar-refractivity contribution in [2.75, 3.05) is 19.6 Å². The van der Waals surface area contributed by atoms with E-state index in [1.165, 1.54) is 0 Å². The molecule has 84 valence electrons. The molecule has 3 N–H and O–H groups in total. The Bertz CT molecular complexity index is 303. The Balaban J connectivity index is 2.33. The van der Waals surface area contributed by atoms with Crippen LogP contribution in [0.5, 0.6) is 0 Å². The Morgan fingerprint density at radius 2 is 2.00 bits per heavy atom. The van der Waals surface area contributed by atoms with Crippen LogP contribution < -0.4 is 11.1 Å². The van der Waals surface area contributed by atoms with E-state index in [0.29, 0.717) is 0 Å². The maximum atomic E-state index is 6.03. The molecule has 0 spiro atoms. The SMILES string of the molecule is NCCCNCCc1cc(Cl)ccc1Cl. The predicted octanol–water partition coefficient (Wildman–Crippen LogP) is 2.47. The fourth-order valence-electron chi connectivity index (χ4n) is 1.31. The van der Waals surface area contributed by atoms with E-state index in [9.17, 15) is 0 Å². The van der Waals surface area contributed by atoms with Gasteiger partial charge in [-0.3, -0.25) is 0 Å². The van der Waals surface area contributed by atoms with Crippen molar-refractivity contribution in [1.29, 1.82) is 0 Å². The first-order chi connectivity index (χ1) is 7.24. The van der Waals surface area contributed by atoms with Crippen molar-refractivity contribution >= 4 is 23.2 Å². The molecule has 0 fully saturated rings. The van der Waals surface area contributed by atoms with Crippen LogP contribution in [0.25, 0.3) is 0 Å². The summed E-state index contributed by atoms with van der Waals surface area (Å²) < 4.78 is 0. The van der Waals surface area contributed by atoms with Gasteiger partial charge in [0.05, 0.1) is 0 Å². The molecule has 0 bridgehead atoms. The number of rotatable bonds is 6. The van der Waals surface area contributed by atoms with E-state index in [4.69, 9.17) is 28.9 Å². The summed E-state index contributed by atoms with van der Waals surface area (Å²) in [6.45, 7) is 2.58. The van der Waals surface area contributed by atoms with Gasteiger partial charge in [0.15, 0.2) is 0 Å². The van der Waals surface area contributed by atoms with Gasteiger partial charge in [-0.05, 0) is 56.2 Å². The number of nitrogens with two attached hydrogens (primary N) is 1. The molecule has 0 heterocycles. The molecular formula is C11H16Cl2N2. The van der Waals surface area contributed by atoms with Gasteiger partial charge in [-0.2, -0.15) is 0 Å². The molecule has 1 aromatic carbocycles. The lowest BCUT2D eigenvalue weighted by Gasteiger charge is -2.06. The zero-order valence-electron chi connectivity index (χ0n) is 8.60. The monoisotopic (exact) mass is 246 g/mol. The Hall–Kier alpha value is -0.280. The molecule has 1 rings (SSSR count). The lowest BCUT2D eigenvalue weighted by atomic mass is 10.1. The molecule has 0 aliphatic carbocycles. The molecule has 0 atom stereocenters. The van der Waals surface area contributed by atoms with Gasteiger partial charge in [0, 0.05) is 10.0 Å². The molecule has 4 heteroatoms. The summed E-state index contributed by atoms with van der Waals surface area (Å²) in [5, 5.41) is 4.81. The molecule has 0 saturated heterocycles. The molecule has 0 aromatic heterocycles. The van der Waals surface area contributed by atoms with E-state index in [2.05, 4.69) is 5.32 Å². The fraction of sp³-hybridized carbons (Fsp3) is 0.455. The van der Waals surface area contributed by atoms with Gasteiger partial charge in [-0.25, -0.2) is 0 Å². The maximum absolute atomic E-state index is 6.03. The van der Waals surface area contributed by atoms with Crippen LogP contribution >= 0.6 is 23.2 Å². The van der Waals surface area contributed by atoms with Crippen LogP contribution in [0.3, 0.4) is 0 Å². The van der Waals surface area contributed by atoms with Gasteiger partial charge in [-0.15, -0.1) is 0 Å². The van der Waals surface area contributed by atoms with Crippen LogP contribution in [0.15, 0.2) is 18.2 Å². The Kier molecular flexibility index (Phi) is 6.03. The van der Waals surface area contributed by atoms with Crippen LogP contribution in [0.4, 0.5) is 0 Å². The summed E-state index contributed by atoms with van der Waals surface area (Å²) in [5.74, 6) is 0. The second kappa shape index (κ2) is 7.07. The molecule has 15 heavy (non-hydrogen) atoms. The van der Waals surface area contributed by atoms with Crippen molar-refractivity contribution < 1.29 is 0 Å². The Morgan fingerprint density at radius 3 is 2.73 bits per heavy atom. The lowest BCUT2D eigenvalue weighted by Crippen LogP contribution is -2.20. The van der Waals surface area contributed by atoms with Crippen molar-refractivity contribution in [2.45, 2.75) is 12.8 Å². The van der Waals surface area contributed by atoms with Gasteiger partial charge in [-0.1, -0.05) is 23.2 Å². The predicted molar refractivity (Wildman–Crippen MR) is 66.7 cm³/mol. The third-order valence-electron chi connectivity index (χ3n) is 2.14. The average Bonchev–Trinajstić information content (AvgIpc) is 2.23. The average molecular weight is 247 g/mol. The summed E-state index contributed by atoms with van der Waals surface area (Å²) in [5.41, 5.74) is 6.47. The molecule has 1 aromatic rings. The van der Waals surface area contributed by atoms with Crippen molar-refractivity contribution in [2.24, 2.45) is 5.73 Å². The Labute approximate surface area is 101 Å². The van der Waals surface area contributed by atoms with E-state index in [1.807, 2.05) is 12.1 Å². The van der Waals surface area contributed by atoms with E-state index in [1.54, 1.807) is 6.07 Å². The second-order valence-corrected chi connectivity index (χ2v) is 4.22.